The van der Waals surface area contributed by atoms with Crippen LogP contribution >= 0.6 is 0 Å². The molecule has 0 spiro atoms. The molecule has 1 aliphatic heterocycles. The highest BCUT2D eigenvalue weighted by Gasteiger charge is 2.24. The highest BCUT2D eigenvalue weighted by molar-refractivity contribution is 5.92. The summed E-state index contributed by atoms with van der Waals surface area (Å²) in [6.45, 7) is 4.84. The normalized spacial score (nSPS) is 15.4. The Bertz CT molecular complexity index is 708. The van der Waals surface area contributed by atoms with Crippen molar-refractivity contribution in [2.24, 2.45) is 5.92 Å². The van der Waals surface area contributed by atoms with E-state index in [2.05, 4.69) is 5.10 Å². The first-order valence-electron chi connectivity index (χ1n) is 8.87. The molecule has 2 aromatic rings. The SMILES string of the molecule is CCn1ccc(C(=O)N2CCC(CCOc3cccc(F)c3)CC2)n1. The second-order valence-electron chi connectivity index (χ2n) is 6.39. The fourth-order valence-corrected chi connectivity index (χ4v) is 3.14. The van der Waals surface area contributed by atoms with E-state index in [-0.39, 0.29) is 11.7 Å². The van der Waals surface area contributed by atoms with Crippen molar-refractivity contribution in [3.63, 3.8) is 0 Å². The molecule has 25 heavy (non-hydrogen) atoms. The number of hydrogen-bond acceptors (Lipinski definition) is 3. The summed E-state index contributed by atoms with van der Waals surface area (Å²) in [5.74, 6) is 0.835. The van der Waals surface area contributed by atoms with Gasteiger partial charge in [0.1, 0.15) is 17.3 Å². The third kappa shape index (κ3) is 4.59. The monoisotopic (exact) mass is 345 g/mol. The van der Waals surface area contributed by atoms with E-state index in [0.29, 0.717) is 24.0 Å². The fraction of sp³-hybridized carbons (Fsp3) is 0.474. The fourth-order valence-electron chi connectivity index (χ4n) is 3.14. The van der Waals surface area contributed by atoms with E-state index in [1.165, 1.54) is 12.1 Å². The van der Waals surface area contributed by atoms with E-state index in [1.807, 2.05) is 18.0 Å². The van der Waals surface area contributed by atoms with Gasteiger partial charge in [0, 0.05) is 31.9 Å². The van der Waals surface area contributed by atoms with Crippen LogP contribution in [0.5, 0.6) is 5.75 Å². The number of aromatic nitrogens is 2. The van der Waals surface area contributed by atoms with Crippen LogP contribution in [0.3, 0.4) is 0 Å². The zero-order valence-corrected chi connectivity index (χ0v) is 14.5. The summed E-state index contributed by atoms with van der Waals surface area (Å²) in [5.41, 5.74) is 0.523. The van der Waals surface area contributed by atoms with Crippen molar-refractivity contribution in [1.82, 2.24) is 14.7 Å². The summed E-state index contributed by atoms with van der Waals surface area (Å²) < 4.78 is 20.5. The predicted molar refractivity (Wildman–Crippen MR) is 93.0 cm³/mol. The van der Waals surface area contributed by atoms with Gasteiger partial charge in [-0.3, -0.25) is 9.48 Å². The van der Waals surface area contributed by atoms with E-state index in [1.54, 1.807) is 22.9 Å². The minimum Gasteiger partial charge on any atom is -0.493 e. The first-order valence-corrected chi connectivity index (χ1v) is 8.87. The zero-order valence-electron chi connectivity index (χ0n) is 14.5. The van der Waals surface area contributed by atoms with Crippen LogP contribution in [-0.4, -0.2) is 40.3 Å². The van der Waals surface area contributed by atoms with Crippen molar-refractivity contribution in [3.05, 3.63) is 48.0 Å². The minimum atomic E-state index is -0.283. The summed E-state index contributed by atoms with van der Waals surface area (Å²) >= 11 is 0. The Balaban J connectivity index is 1.41. The highest BCUT2D eigenvalue weighted by atomic mass is 19.1. The molecule has 0 bridgehead atoms. The molecule has 0 unspecified atom stereocenters. The van der Waals surface area contributed by atoms with Crippen LogP contribution in [0.1, 0.15) is 36.7 Å². The molecule has 5 nitrogen and oxygen atoms in total. The maximum absolute atomic E-state index is 13.1. The standard InChI is InChI=1S/C19H24FN3O2/c1-2-23-12-8-18(21-23)19(24)22-10-6-15(7-11-22)9-13-25-17-5-3-4-16(20)14-17/h3-5,8,12,14-15H,2,6-7,9-11,13H2,1H3. The average molecular weight is 345 g/mol. The van der Waals surface area contributed by atoms with Gasteiger partial charge in [-0.15, -0.1) is 0 Å². The molecule has 1 saturated heterocycles. The van der Waals surface area contributed by atoms with E-state index in [9.17, 15) is 9.18 Å². The lowest BCUT2D eigenvalue weighted by Crippen LogP contribution is -2.39. The van der Waals surface area contributed by atoms with Crippen LogP contribution < -0.4 is 4.74 Å². The number of hydrogen-bond donors (Lipinski definition) is 0. The molecule has 1 aromatic heterocycles. The Kier molecular flexibility index (Phi) is 5.68. The minimum absolute atomic E-state index is 0.0154. The van der Waals surface area contributed by atoms with Gasteiger partial charge in [-0.25, -0.2) is 4.39 Å². The first-order chi connectivity index (χ1) is 12.2. The van der Waals surface area contributed by atoms with E-state index in [4.69, 9.17) is 4.74 Å². The van der Waals surface area contributed by atoms with Gasteiger partial charge in [0.15, 0.2) is 0 Å². The van der Waals surface area contributed by atoms with E-state index in [0.717, 1.165) is 38.9 Å². The molecular formula is C19H24FN3O2. The Morgan fingerprint density at radius 2 is 2.12 bits per heavy atom. The van der Waals surface area contributed by atoms with Crippen LogP contribution in [0.25, 0.3) is 0 Å². The topological polar surface area (TPSA) is 47.4 Å². The molecule has 0 saturated carbocycles. The maximum Gasteiger partial charge on any atom is 0.274 e. The molecule has 0 aliphatic carbocycles. The van der Waals surface area contributed by atoms with Crippen LogP contribution in [0.4, 0.5) is 4.39 Å². The molecule has 0 atom stereocenters. The van der Waals surface area contributed by atoms with Gasteiger partial charge < -0.3 is 9.64 Å². The molecular weight excluding hydrogens is 321 g/mol. The van der Waals surface area contributed by atoms with E-state index < -0.39 is 0 Å². The summed E-state index contributed by atoms with van der Waals surface area (Å²) in [6.07, 6.45) is 4.69. The summed E-state index contributed by atoms with van der Waals surface area (Å²) in [6, 6.07) is 8.00. The van der Waals surface area contributed by atoms with Crippen molar-refractivity contribution in [2.75, 3.05) is 19.7 Å². The quantitative estimate of drug-likeness (QED) is 0.806. The second-order valence-corrected chi connectivity index (χ2v) is 6.39. The van der Waals surface area contributed by atoms with Crippen molar-refractivity contribution in [3.8, 4) is 5.75 Å². The lowest BCUT2D eigenvalue weighted by molar-refractivity contribution is 0.0673. The molecule has 6 heteroatoms. The lowest BCUT2D eigenvalue weighted by atomic mass is 9.94. The number of carbonyl (C=O) groups is 1. The van der Waals surface area contributed by atoms with Gasteiger partial charge in [0.2, 0.25) is 0 Å². The van der Waals surface area contributed by atoms with Crippen LogP contribution in [0.15, 0.2) is 36.5 Å². The van der Waals surface area contributed by atoms with Gasteiger partial charge in [-0.05, 0) is 50.3 Å². The number of nitrogens with zero attached hydrogens (tertiary/aromatic N) is 3. The molecule has 1 aliphatic rings. The number of ether oxygens (including phenoxy) is 1. The molecule has 0 N–H and O–H groups in total. The highest BCUT2D eigenvalue weighted by Crippen LogP contribution is 2.22. The van der Waals surface area contributed by atoms with Gasteiger partial charge >= 0.3 is 0 Å². The van der Waals surface area contributed by atoms with Crippen molar-refractivity contribution >= 4 is 5.91 Å². The number of piperidine rings is 1. The summed E-state index contributed by atoms with van der Waals surface area (Å²) in [4.78, 5) is 14.3. The van der Waals surface area contributed by atoms with Gasteiger partial charge in [0.05, 0.1) is 6.61 Å². The lowest BCUT2D eigenvalue weighted by Gasteiger charge is -2.31. The molecule has 3 rings (SSSR count). The third-order valence-corrected chi connectivity index (χ3v) is 4.68. The molecule has 1 aromatic carbocycles. The number of carbonyl (C=O) groups excluding carboxylic acids is 1. The number of halogens is 1. The van der Waals surface area contributed by atoms with Crippen LogP contribution in [0.2, 0.25) is 0 Å². The number of amides is 1. The van der Waals surface area contributed by atoms with Crippen molar-refractivity contribution in [2.45, 2.75) is 32.7 Å². The second kappa shape index (κ2) is 8.14. The van der Waals surface area contributed by atoms with Gasteiger partial charge in [0.25, 0.3) is 5.91 Å². The Morgan fingerprint density at radius 3 is 2.80 bits per heavy atom. The predicted octanol–water partition coefficient (Wildman–Crippen LogP) is 3.36. The van der Waals surface area contributed by atoms with Crippen molar-refractivity contribution in [1.29, 1.82) is 0 Å². The number of benzene rings is 1. The molecule has 1 amide bonds. The largest absolute Gasteiger partial charge is 0.493 e. The molecule has 1 fully saturated rings. The number of aryl methyl sites for hydroxylation is 1. The Hall–Kier alpha value is -2.37. The smallest absolute Gasteiger partial charge is 0.274 e. The Morgan fingerprint density at radius 1 is 1.32 bits per heavy atom. The van der Waals surface area contributed by atoms with Gasteiger partial charge in [-0.2, -0.15) is 5.10 Å². The average Bonchev–Trinajstić information content (AvgIpc) is 3.11. The van der Waals surface area contributed by atoms with Gasteiger partial charge in [-0.1, -0.05) is 6.07 Å². The zero-order chi connectivity index (χ0) is 17.6. The molecule has 0 radical (unpaired) electrons. The number of likely N-dealkylation sites (tertiary alicyclic amines) is 1. The summed E-state index contributed by atoms with van der Waals surface area (Å²) in [7, 11) is 0. The molecule has 2 heterocycles. The van der Waals surface area contributed by atoms with E-state index >= 15 is 0 Å². The third-order valence-electron chi connectivity index (χ3n) is 4.68. The molecule has 134 valence electrons. The van der Waals surface area contributed by atoms with Crippen LogP contribution in [-0.2, 0) is 6.54 Å². The van der Waals surface area contributed by atoms with Crippen molar-refractivity contribution < 1.29 is 13.9 Å². The van der Waals surface area contributed by atoms with Crippen LogP contribution in [0, 0.1) is 11.7 Å². The first kappa shape index (κ1) is 17.5. The number of rotatable bonds is 6. The maximum atomic E-state index is 13.1. The Labute approximate surface area is 147 Å². The summed E-state index contributed by atoms with van der Waals surface area (Å²) in [5, 5.41) is 4.29.